The first kappa shape index (κ1) is 6.68. The van der Waals surface area contributed by atoms with Crippen LogP contribution in [0.2, 0.25) is 0 Å². The highest BCUT2D eigenvalue weighted by atomic mass is 32.2. The molecule has 9 heavy (non-hydrogen) atoms. The molecule has 0 aromatic heterocycles. The highest BCUT2D eigenvalue weighted by molar-refractivity contribution is 8.02. The van der Waals surface area contributed by atoms with Gasteiger partial charge in [0.15, 0.2) is 0 Å². The number of ether oxygens (including phenoxy) is 1. The average molecular weight is 144 g/mol. The van der Waals surface area contributed by atoms with Gasteiger partial charge in [-0.2, -0.15) is 0 Å². The van der Waals surface area contributed by atoms with E-state index in [1.165, 1.54) is 7.11 Å². The predicted molar refractivity (Wildman–Crippen MR) is 37.2 cm³/mol. The minimum Gasteiger partial charge on any atom is -0.466 e. The van der Waals surface area contributed by atoms with Gasteiger partial charge in [-0.25, -0.2) is 4.79 Å². The molecule has 0 spiro atoms. The Labute approximate surface area is 58.3 Å². The maximum absolute atomic E-state index is 10.7. The molecule has 0 aromatic rings. The van der Waals surface area contributed by atoms with E-state index in [1.807, 2.05) is 5.41 Å². The Morgan fingerprint density at radius 2 is 2.67 bits per heavy atom. The largest absolute Gasteiger partial charge is 0.466 e. The monoisotopic (exact) mass is 144 g/mol. The molecule has 0 N–H and O–H groups in total. The second-order valence-corrected chi connectivity index (χ2v) is 2.73. The number of carbonyl (C=O) groups is 1. The van der Waals surface area contributed by atoms with Crippen molar-refractivity contribution >= 4 is 17.7 Å². The van der Waals surface area contributed by atoms with Gasteiger partial charge in [-0.15, -0.1) is 11.8 Å². The topological polar surface area (TPSA) is 26.3 Å². The van der Waals surface area contributed by atoms with Crippen LogP contribution in [0.15, 0.2) is 11.0 Å². The van der Waals surface area contributed by atoms with Crippen LogP contribution >= 0.6 is 11.8 Å². The van der Waals surface area contributed by atoms with Gasteiger partial charge < -0.3 is 4.74 Å². The van der Waals surface area contributed by atoms with E-state index in [0.29, 0.717) is 0 Å². The van der Waals surface area contributed by atoms with Crippen LogP contribution in [0.4, 0.5) is 0 Å². The molecular weight excluding hydrogens is 136 g/mol. The summed E-state index contributed by atoms with van der Waals surface area (Å²) in [5.74, 6) is 0.838. The van der Waals surface area contributed by atoms with E-state index >= 15 is 0 Å². The van der Waals surface area contributed by atoms with Gasteiger partial charge in [0.1, 0.15) is 0 Å². The quantitative estimate of drug-likeness (QED) is 0.517. The van der Waals surface area contributed by atoms with E-state index in [2.05, 4.69) is 4.74 Å². The van der Waals surface area contributed by atoms with Gasteiger partial charge in [0.25, 0.3) is 0 Å². The fourth-order valence-electron chi connectivity index (χ4n) is 0.669. The Morgan fingerprint density at radius 3 is 3.11 bits per heavy atom. The molecule has 0 saturated carbocycles. The second kappa shape index (κ2) is 2.92. The molecule has 1 aliphatic heterocycles. The molecular formula is C6H8O2S. The number of rotatable bonds is 1. The number of thioether (sulfide) groups is 1. The van der Waals surface area contributed by atoms with Crippen molar-refractivity contribution in [1.82, 2.24) is 0 Å². The van der Waals surface area contributed by atoms with Crippen LogP contribution in [0.1, 0.15) is 6.42 Å². The highest BCUT2D eigenvalue weighted by Gasteiger charge is 2.12. The van der Waals surface area contributed by atoms with E-state index in [1.54, 1.807) is 11.8 Å². The zero-order valence-electron chi connectivity index (χ0n) is 5.22. The van der Waals surface area contributed by atoms with Crippen LogP contribution in [0.5, 0.6) is 0 Å². The van der Waals surface area contributed by atoms with Gasteiger partial charge in [0.2, 0.25) is 0 Å². The van der Waals surface area contributed by atoms with Crippen molar-refractivity contribution in [2.75, 3.05) is 12.9 Å². The fraction of sp³-hybridized carbons (Fsp3) is 0.500. The standard InChI is InChI=1S/C6H8O2S/c1-8-6(7)5-2-3-9-4-5/h4H,2-3H2,1H3. The highest BCUT2D eigenvalue weighted by Crippen LogP contribution is 2.21. The van der Waals surface area contributed by atoms with Crippen LogP contribution in [-0.4, -0.2) is 18.8 Å². The van der Waals surface area contributed by atoms with Crippen molar-refractivity contribution in [3.05, 3.63) is 11.0 Å². The number of methoxy groups -OCH3 is 1. The Morgan fingerprint density at radius 1 is 1.89 bits per heavy atom. The van der Waals surface area contributed by atoms with Gasteiger partial charge in [-0.05, 0) is 11.8 Å². The van der Waals surface area contributed by atoms with Crippen LogP contribution in [-0.2, 0) is 9.53 Å². The van der Waals surface area contributed by atoms with Gasteiger partial charge in [-0.1, -0.05) is 0 Å². The van der Waals surface area contributed by atoms with Crippen molar-refractivity contribution in [2.45, 2.75) is 6.42 Å². The minimum atomic E-state index is -0.181. The van der Waals surface area contributed by atoms with Crippen molar-refractivity contribution < 1.29 is 9.53 Å². The van der Waals surface area contributed by atoms with Crippen LogP contribution in [0.3, 0.4) is 0 Å². The lowest BCUT2D eigenvalue weighted by atomic mass is 10.2. The third-order valence-corrected chi connectivity index (χ3v) is 2.05. The van der Waals surface area contributed by atoms with Crippen LogP contribution in [0.25, 0.3) is 0 Å². The molecule has 2 nitrogen and oxygen atoms in total. The number of hydrogen-bond acceptors (Lipinski definition) is 3. The third kappa shape index (κ3) is 1.48. The molecule has 0 fully saturated rings. The first-order chi connectivity index (χ1) is 4.34. The maximum atomic E-state index is 10.7. The van der Waals surface area contributed by atoms with Crippen molar-refractivity contribution in [3.63, 3.8) is 0 Å². The maximum Gasteiger partial charge on any atom is 0.334 e. The summed E-state index contributed by atoms with van der Waals surface area (Å²) in [5, 5.41) is 1.87. The Hall–Kier alpha value is -0.440. The summed E-state index contributed by atoms with van der Waals surface area (Å²) in [6.45, 7) is 0. The Kier molecular flexibility index (Phi) is 2.16. The molecule has 50 valence electrons. The van der Waals surface area contributed by atoms with E-state index < -0.39 is 0 Å². The molecule has 3 heteroatoms. The van der Waals surface area contributed by atoms with Gasteiger partial charge >= 0.3 is 5.97 Å². The molecule has 0 bridgehead atoms. The number of carbonyl (C=O) groups excluding carboxylic acids is 1. The molecule has 0 aromatic carbocycles. The molecule has 0 radical (unpaired) electrons. The Balaban J connectivity index is 2.51. The lowest BCUT2D eigenvalue weighted by Crippen LogP contribution is -2.02. The summed E-state index contributed by atoms with van der Waals surface area (Å²) in [7, 11) is 1.41. The molecule has 0 atom stereocenters. The molecule has 1 rings (SSSR count). The second-order valence-electron chi connectivity index (χ2n) is 1.76. The number of hydrogen-bond donors (Lipinski definition) is 0. The third-order valence-electron chi connectivity index (χ3n) is 1.16. The van der Waals surface area contributed by atoms with Gasteiger partial charge in [0, 0.05) is 11.3 Å². The van der Waals surface area contributed by atoms with Crippen molar-refractivity contribution in [1.29, 1.82) is 0 Å². The lowest BCUT2D eigenvalue weighted by Gasteiger charge is -1.95. The van der Waals surface area contributed by atoms with Gasteiger partial charge in [-0.3, -0.25) is 0 Å². The molecule has 0 amide bonds. The lowest BCUT2D eigenvalue weighted by molar-refractivity contribution is -0.136. The predicted octanol–water partition coefficient (Wildman–Crippen LogP) is 1.18. The fourth-order valence-corrected chi connectivity index (χ4v) is 1.54. The molecule has 0 unspecified atom stereocenters. The van der Waals surface area contributed by atoms with E-state index in [-0.39, 0.29) is 5.97 Å². The SMILES string of the molecule is COC(=O)C1=CSCC1. The summed E-state index contributed by atoms with van der Waals surface area (Å²) in [6.07, 6.45) is 0.858. The van der Waals surface area contributed by atoms with E-state index in [0.717, 1.165) is 17.7 Å². The zero-order chi connectivity index (χ0) is 6.69. The van der Waals surface area contributed by atoms with Gasteiger partial charge in [0.05, 0.1) is 7.11 Å². The molecule has 0 saturated heterocycles. The van der Waals surface area contributed by atoms with E-state index in [4.69, 9.17) is 0 Å². The molecule has 1 aliphatic rings. The van der Waals surface area contributed by atoms with Crippen molar-refractivity contribution in [3.8, 4) is 0 Å². The summed E-state index contributed by atoms with van der Waals surface area (Å²) in [4.78, 5) is 10.7. The van der Waals surface area contributed by atoms with Crippen molar-refractivity contribution in [2.24, 2.45) is 0 Å². The van der Waals surface area contributed by atoms with Crippen LogP contribution in [0, 0.1) is 0 Å². The molecule has 1 heterocycles. The summed E-state index contributed by atoms with van der Waals surface area (Å²) in [6, 6.07) is 0. The van der Waals surface area contributed by atoms with E-state index in [9.17, 15) is 4.79 Å². The number of esters is 1. The first-order valence-corrected chi connectivity index (χ1v) is 3.78. The zero-order valence-corrected chi connectivity index (χ0v) is 6.03. The average Bonchev–Trinajstić information content (AvgIpc) is 2.37. The van der Waals surface area contributed by atoms with Crippen LogP contribution < -0.4 is 0 Å². The Bertz CT molecular complexity index is 151. The summed E-state index contributed by atoms with van der Waals surface area (Å²) >= 11 is 1.66. The normalized spacial score (nSPS) is 17.2. The summed E-state index contributed by atoms with van der Waals surface area (Å²) < 4.78 is 4.51. The molecule has 0 aliphatic carbocycles. The first-order valence-electron chi connectivity index (χ1n) is 2.73. The minimum absolute atomic E-state index is 0.181. The smallest absolute Gasteiger partial charge is 0.334 e. The summed E-state index contributed by atoms with van der Waals surface area (Å²) in [5.41, 5.74) is 0.808.